The minimum absolute atomic E-state index is 0.0936. The van der Waals surface area contributed by atoms with Crippen molar-refractivity contribution in [1.29, 1.82) is 0 Å². The van der Waals surface area contributed by atoms with Gasteiger partial charge in [-0.25, -0.2) is 0 Å². The van der Waals surface area contributed by atoms with Gasteiger partial charge in [-0.2, -0.15) is 0 Å². The molecule has 3 saturated heterocycles. The molecule has 0 bridgehead atoms. The van der Waals surface area contributed by atoms with Gasteiger partial charge in [0.2, 0.25) is 0 Å². The molecule has 3 rings (SSSR count). The molecule has 0 aromatic carbocycles. The largest absolute Gasteiger partial charge is 0.459 e. The van der Waals surface area contributed by atoms with Crippen LogP contribution >= 0.6 is 0 Å². The van der Waals surface area contributed by atoms with E-state index in [0.29, 0.717) is 6.42 Å². The summed E-state index contributed by atoms with van der Waals surface area (Å²) in [4.78, 5) is 29.8. The Morgan fingerprint density at radius 2 is 1.49 bits per heavy atom. The van der Waals surface area contributed by atoms with Crippen LogP contribution in [0.2, 0.25) is 0 Å². The van der Waals surface area contributed by atoms with E-state index in [2.05, 4.69) is 0 Å². The van der Waals surface area contributed by atoms with Crippen molar-refractivity contribution in [1.82, 2.24) is 4.90 Å². The molecule has 3 fully saturated rings. The standard InChI is InChI=1S/C37H67NO13/c1-14-25-37(10,45)30(41)20(4)27(39)18(2)16-35(8,44)32(51-34-28(40)24(38(11)12)15-19(3)47-34)21(5)29(22(6)33(43)49-25)50-26-17-36(9,46-13)31(42)23(7)48-26/h18-26,28-32,34,40-42,44-45H,14-17H2,1-13H3/t18-,19-,20+,21+,22-,23+,24+,25-,26?,28-,29+,30-,31+,32-,34+,35+,36-,37-/m1/s1. The zero-order chi connectivity index (χ0) is 39.0. The lowest BCUT2D eigenvalue weighted by Gasteiger charge is -2.49. The van der Waals surface area contributed by atoms with Crippen LogP contribution < -0.4 is 0 Å². The Morgan fingerprint density at radius 1 is 0.882 bits per heavy atom. The molecule has 0 aliphatic carbocycles. The molecule has 0 aromatic heterocycles. The van der Waals surface area contributed by atoms with Gasteiger partial charge in [-0.15, -0.1) is 0 Å². The fourth-order valence-electron chi connectivity index (χ4n) is 8.41. The van der Waals surface area contributed by atoms with Gasteiger partial charge in [-0.3, -0.25) is 9.59 Å². The number of hydrogen-bond acceptors (Lipinski definition) is 14. The summed E-state index contributed by atoms with van der Waals surface area (Å²) in [6.07, 6.45) is -9.71. The molecule has 0 spiro atoms. The van der Waals surface area contributed by atoms with E-state index in [-0.39, 0.29) is 31.4 Å². The van der Waals surface area contributed by atoms with E-state index in [0.717, 1.165) is 0 Å². The lowest BCUT2D eigenvalue weighted by Crippen LogP contribution is -2.61. The van der Waals surface area contributed by atoms with Gasteiger partial charge in [0.05, 0.1) is 47.6 Å². The number of carbonyl (C=O) groups excluding carboxylic acids is 2. The summed E-state index contributed by atoms with van der Waals surface area (Å²) in [6.45, 7) is 16.3. The van der Waals surface area contributed by atoms with E-state index in [1.165, 1.54) is 27.9 Å². The molecule has 1 unspecified atom stereocenters. The van der Waals surface area contributed by atoms with Crippen molar-refractivity contribution < 1.29 is 63.5 Å². The first kappa shape index (κ1) is 44.1. The number of rotatable bonds is 7. The number of aliphatic hydroxyl groups excluding tert-OH is 3. The quantitative estimate of drug-likeness (QED) is 0.238. The zero-order valence-electron chi connectivity index (χ0n) is 32.9. The second-order valence-electron chi connectivity index (χ2n) is 16.5. The average Bonchev–Trinajstić information content (AvgIpc) is 3.05. The maximum Gasteiger partial charge on any atom is 0.311 e. The maximum atomic E-state index is 14.1. The minimum atomic E-state index is -1.99. The lowest BCUT2D eigenvalue weighted by molar-refractivity contribution is -0.318. The summed E-state index contributed by atoms with van der Waals surface area (Å²) < 4.78 is 37.1. The Kier molecular flexibility index (Phi) is 14.7. The van der Waals surface area contributed by atoms with E-state index in [9.17, 15) is 35.1 Å². The van der Waals surface area contributed by atoms with Crippen LogP contribution in [0.5, 0.6) is 0 Å². The molecule has 51 heavy (non-hydrogen) atoms. The fraction of sp³-hybridized carbons (Fsp3) is 0.946. The summed E-state index contributed by atoms with van der Waals surface area (Å²) in [6, 6.07) is -0.324. The first-order chi connectivity index (χ1) is 23.4. The number of likely N-dealkylation sites (N-methyl/N-ethyl adjacent to an activating group) is 1. The van der Waals surface area contributed by atoms with Crippen LogP contribution in [0.1, 0.15) is 94.9 Å². The fourth-order valence-corrected chi connectivity index (χ4v) is 8.41. The van der Waals surface area contributed by atoms with Gasteiger partial charge in [0.15, 0.2) is 12.6 Å². The third-order valence-corrected chi connectivity index (χ3v) is 11.8. The zero-order valence-corrected chi connectivity index (χ0v) is 32.9. The van der Waals surface area contributed by atoms with Crippen molar-refractivity contribution in [3.63, 3.8) is 0 Å². The van der Waals surface area contributed by atoms with Crippen LogP contribution in [0.25, 0.3) is 0 Å². The molecule has 3 aliphatic heterocycles. The highest BCUT2D eigenvalue weighted by Gasteiger charge is 2.53. The number of methoxy groups -OCH3 is 1. The molecule has 14 nitrogen and oxygen atoms in total. The SMILES string of the molecule is CC[C@H]1OC(=O)[C@H](C)[C@@H](OC2C[C@@](C)(OC)[C@@H](O)[C@H](C)O2)[C@H](C)[C@@H](O[C@@H]2O[C@H](C)C[C@H](N(C)C)[C@H]2O)[C@@](C)(O)C[C@@H](C)C(=O)[C@H](C)[C@@H](O)[C@]1(C)O. The van der Waals surface area contributed by atoms with Crippen LogP contribution in [-0.4, -0.2) is 148 Å². The van der Waals surface area contributed by atoms with Crippen LogP contribution in [0.3, 0.4) is 0 Å². The number of esters is 1. The average molecular weight is 734 g/mol. The molecule has 0 saturated carbocycles. The Hall–Kier alpha value is -1.30. The van der Waals surface area contributed by atoms with Crippen molar-refractivity contribution in [2.24, 2.45) is 23.7 Å². The van der Waals surface area contributed by atoms with Crippen LogP contribution in [0.4, 0.5) is 0 Å². The highest BCUT2D eigenvalue weighted by Crippen LogP contribution is 2.40. The van der Waals surface area contributed by atoms with Crippen LogP contribution in [0.15, 0.2) is 0 Å². The molecule has 298 valence electrons. The molecule has 0 amide bonds. The topological polar surface area (TPSA) is 194 Å². The van der Waals surface area contributed by atoms with Gasteiger partial charge in [0.25, 0.3) is 0 Å². The van der Waals surface area contributed by atoms with E-state index in [1.54, 1.807) is 41.5 Å². The number of ether oxygens (including phenoxy) is 6. The number of ketones is 1. The van der Waals surface area contributed by atoms with E-state index in [1.807, 2.05) is 25.9 Å². The minimum Gasteiger partial charge on any atom is -0.459 e. The number of cyclic esters (lactones) is 1. The summed E-state index contributed by atoms with van der Waals surface area (Å²) in [5.74, 6) is -4.98. The Morgan fingerprint density at radius 3 is 2.04 bits per heavy atom. The van der Waals surface area contributed by atoms with E-state index < -0.39 is 108 Å². The number of aliphatic hydroxyl groups is 5. The van der Waals surface area contributed by atoms with Gasteiger partial charge >= 0.3 is 5.97 Å². The molecule has 18 atom stereocenters. The van der Waals surface area contributed by atoms with Crippen molar-refractivity contribution in [3.05, 3.63) is 0 Å². The second-order valence-corrected chi connectivity index (χ2v) is 16.5. The molecule has 0 aromatic rings. The van der Waals surface area contributed by atoms with Crippen molar-refractivity contribution in [2.75, 3.05) is 21.2 Å². The monoisotopic (exact) mass is 733 g/mol. The van der Waals surface area contributed by atoms with E-state index >= 15 is 0 Å². The molecule has 5 N–H and O–H groups in total. The molecule has 3 heterocycles. The Balaban J connectivity index is 2.18. The summed E-state index contributed by atoms with van der Waals surface area (Å²) >= 11 is 0. The van der Waals surface area contributed by atoms with Crippen LogP contribution in [-0.2, 0) is 38.0 Å². The Labute approximate surface area is 304 Å². The maximum absolute atomic E-state index is 14.1. The van der Waals surface area contributed by atoms with Gasteiger partial charge in [0, 0.05) is 37.3 Å². The van der Waals surface area contributed by atoms with Gasteiger partial charge in [-0.05, 0) is 74.9 Å². The number of Topliss-reactive ketones (excluding diaryl/α,β-unsaturated/α-hetero) is 1. The lowest BCUT2D eigenvalue weighted by atomic mass is 9.74. The molecular weight excluding hydrogens is 666 g/mol. The third kappa shape index (κ3) is 9.51. The molecular formula is C37H67NO13. The smallest absolute Gasteiger partial charge is 0.311 e. The van der Waals surface area contributed by atoms with Crippen molar-refractivity contribution >= 4 is 11.8 Å². The molecule has 14 heteroatoms. The highest BCUT2D eigenvalue weighted by molar-refractivity contribution is 5.83. The third-order valence-electron chi connectivity index (χ3n) is 11.8. The van der Waals surface area contributed by atoms with Crippen LogP contribution in [0, 0.1) is 23.7 Å². The number of carbonyl (C=O) groups is 2. The summed E-state index contributed by atoms with van der Waals surface area (Å²) in [5.41, 5.74) is -4.84. The van der Waals surface area contributed by atoms with Crippen molar-refractivity contribution in [2.45, 2.75) is 179 Å². The second kappa shape index (κ2) is 17.0. The predicted molar refractivity (Wildman–Crippen MR) is 186 cm³/mol. The number of nitrogens with zero attached hydrogens (tertiary/aromatic N) is 1. The molecule has 0 radical (unpaired) electrons. The van der Waals surface area contributed by atoms with Gasteiger partial charge in [-0.1, -0.05) is 27.7 Å². The summed E-state index contributed by atoms with van der Waals surface area (Å²) in [7, 11) is 5.18. The van der Waals surface area contributed by atoms with Gasteiger partial charge < -0.3 is 58.9 Å². The number of hydrogen-bond donors (Lipinski definition) is 5. The summed E-state index contributed by atoms with van der Waals surface area (Å²) in [5, 5.41) is 57.6. The first-order valence-electron chi connectivity index (χ1n) is 18.5. The predicted octanol–water partition coefficient (Wildman–Crippen LogP) is 1.79. The normalized spacial score (nSPS) is 49.7. The van der Waals surface area contributed by atoms with E-state index in [4.69, 9.17) is 28.4 Å². The molecule has 3 aliphatic rings. The van der Waals surface area contributed by atoms with Gasteiger partial charge in [0.1, 0.15) is 29.7 Å². The Bertz CT molecular complexity index is 1170. The highest BCUT2D eigenvalue weighted by atomic mass is 16.7. The van der Waals surface area contributed by atoms with Crippen molar-refractivity contribution in [3.8, 4) is 0 Å². The first-order valence-corrected chi connectivity index (χ1v) is 18.5.